The van der Waals surface area contributed by atoms with E-state index in [0.717, 1.165) is 5.56 Å². The standard InChI is InChI=1S/C12H11FN2O2/c1-2-7-3-8(5-9(13)4-7)10-6-11(12(16)17)15-14-10/h3-6H,2H2,1H3,(H,14,15)(H,16,17). The minimum atomic E-state index is -1.09. The fraction of sp³-hybridized carbons (Fsp3) is 0.167. The number of aromatic nitrogens is 2. The van der Waals surface area contributed by atoms with Gasteiger partial charge in [-0.2, -0.15) is 5.10 Å². The number of carbonyl (C=O) groups is 1. The molecule has 0 saturated carbocycles. The molecule has 2 rings (SSSR count). The number of nitrogens with one attached hydrogen (secondary N) is 1. The first-order valence-corrected chi connectivity index (χ1v) is 5.18. The lowest BCUT2D eigenvalue weighted by atomic mass is 10.1. The normalized spacial score (nSPS) is 10.5. The second kappa shape index (κ2) is 4.37. The van der Waals surface area contributed by atoms with Gasteiger partial charge in [0, 0.05) is 5.56 Å². The predicted molar refractivity (Wildman–Crippen MR) is 60.3 cm³/mol. The number of carboxylic acids is 1. The topological polar surface area (TPSA) is 66.0 Å². The number of carboxylic acid groups (broad SMARTS) is 1. The van der Waals surface area contributed by atoms with Crippen molar-refractivity contribution in [1.82, 2.24) is 10.2 Å². The van der Waals surface area contributed by atoms with E-state index >= 15 is 0 Å². The number of aromatic carboxylic acids is 1. The van der Waals surface area contributed by atoms with Crippen molar-refractivity contribution in [3.8, 4) is 11.3 Å². The van der Waals surface area contributed by atoms with Crippen molar-refractivity contribution in [3.63, 3.8) is 0 Å². The SMILES string of the molecule is CCc1cc(F)cc(-c2cc(C(=O)O)[nH]n2)c1. The van der Waals surface area contributed by atoms with Gasteiger partial charge < -0.3 is 5.11 Å². The van der Waals surface area contributed by atoms with Crippen LogP contribution in [-0.4, -0.2) is 21.3 Å². The molecule has 4 nitrogen and oxygen atoms in total. The molecular formula is C12H11FN2O2. The van der Waals surface area contributed by atoms with Gasteiger partial charge >= 0.3 is 5.97 Å². The van der Waals surface area contributed by atoms with Gasteiger partial charge in [0.15, 0.2) is 0 Å². The van der Waals surface area contributed by atoms with Gasteiger partial charge in [-0.1, -0.05) is 6.92 Å². The Balaban J connectivity index is 2.44. The molecular weight excluding hydrogens is 223 g/mol. The number of hydrogen-bond donors (Lipinski definition) is 2. The van der Waals surface area contributed by atoms with E-state index in [1.807, 2.05) is 6.92 Å². The van der Waals surface area contributed by atoms with Crippen LogP contribution in [0.4, 0.5) is 4.39 Å². The number of hydrogen-bond acceptors (Lipinski definition) is 2. The molecule has 0 bridgehead atoms. The maximum atomic E-state index is 13.3. The summed E-state index contributed by atoms with van der Waals surface area (Å²) in [5, 5.41) is 15.0. The lowest BCUT2D eigenvalue weighted by molar-refractivity contribution is 0.0690. The zero-order valence-electron chi connectivity index (χ0n) is 9.20. The smallest absolute Gasteiger partial charge is 0.353 e. The van der Waals surface area contributed by atoms with Crippen LogP contribution < -0.4 is 0 Å². The molecule has 2 aromatic rings. The summed E-state index contributed by atoms with van der Waals surface area (Å²) in [5.41, 5.74) is 1.84. The van der Waals surface area contributed by atoms with Gasteiger partial charge in [0.05, 0.1) is 5.69 Å². The van der Waals surface area contributed by atoms with Gasteiger partial charge in [-0.15, -0.1) is 0 Å². The van der Waals surface area contributed by atoms with E-state index in [4.69, 9.17) is 5.11 Å². The van der Waals surface area contributed by atoms with E-state index in [1.165, 1.54) is 18.2 Å². The third-order valence-electron chi connectivity index (χ3n) is 2.47. The lowest BCUT2D eigenvalue weighted by Gasteiger charge is -2.01. The summed E-state index contributed by atoms with van der Waals surface area (Å²) in [5.74, 6) is -1.44. The van der Waals surface area contributed by atoms with E-state index in [9.17, 15) is 9.18 Å². The molecule has 0 fully saturated rings. The molecule has 0 aliphatic rings. The summed E-state index contributed by atoms with van der Waals surface area (Å²) < 4.78 is 13.3. The molecule has 0 radical (unpaired) electrons. The molecule has 0 aliphatic carbocycles. The second-order valence-electron chi connectivity index (χ2n) is 3.67. The molecule has 0 spiro atoms. The quantitative estimate of drug-likeness (QED) is 0.857. The number of halogens is 1. The van der Waals surface area contributed by atoms with E-state index in [2.05, 4.69) is 10.2 Å². The number of aromatic amines is 1. The Kier molecular flexibility index (Phi) is 2.91. The molecule has 0 unspecified atom stereocenters. The van der Waals surface area contributed by atoms with Gasteiger partial charge in [0.25, 0.3) is 0 Å². The van der Waals surface area contributed by atoms with Crippen molar-refractivity contribution in [2.45, 2.75) is 13.3 Å². The third kappa shape index (κ3) is 2.33. The molecule has 17 heavy (non-hydrogen) atoms. The Morgan fingerprint density at radius 1 is 1.41 bits per heavy atom. The van der Waals surface area contributed by atoms with Crippen molar-refractivity contribution in [3.05, 3.63) is 41.3 Å². The van der Waals surface area contributed by atoms with Crippen LogP contribution in [0.15, 0.2) is 24.3 Å². The maximum Gasteiger partial charge on any atom is 0.353 e. The Hall–Kier alpha value is -2.17. The van der Waals surface area contributed by atoms with Crippen molar-refractivity contribution in [1.29, 1.82) is 0 Å². The van der Waals surface area contributed by atoms with Gasteiger partial charge in [-0.3, -0.25) is 5.10 Å². The van der Waals surface area contributed by atoms with Crippen molar-refractivity contribution < 1.29 is 14.3 Å². The summed E-state index contributed by atoms with van der Waals surface area (Å²) in [6.07, 6.45) is 0.709. The summed E-state index contributed by atoms with van der Waals surface area (Å²) in [7, 11) is 0. The number of benzene rings is 1. The fourth-order valence-corrected chi connectivity index (χ4v) is 1.58. The first-order chi connectivity index (χ1) is 8.10. The fourth-order valence-electron chi connectivity index (χ4n) is 1.58. The molecule has 0 amide bonds. The van der Waals surface area contributed by atoms with Crippen molar-refractivity contribution in [2.75, 3.05) is 0 Å². The summed E-state index contributed by atoms with van der Waals surface area (Å²) in [6.45, 7) is 1.92. The summed E-state index contributed by atoms with van der Waals surface area (Å²) >= 11 is 0. The average molecular weight is 234 g/mol. The Labute approximate surface area is 97.1 Å². The highest BCUT2D eigenvalue weighted by molar-refractivity contribution is 5.86. The minimum absolute atomic E-state index is 0.0118. The number of aryl methyl sites for hydroxylation is 1. The van der Waals surface area contributed by atoms with Gasteiger partial charge in [0.1, 0.15) is 11.5 Å². The van der Waals surface area contributed by atoms with Crippen LogP contribution in [0, 0.1) is 5.82 Å². The monoisotopic (exact) mass is 234 g/mol. The first-order valence-electron chi connectivity index (χ1n) is 5.18. The van der Waals surface area contributed by atoms with E-state index < -0.39 is 5.97 Å². The number of H-pyrrole nitrogens is 1. The van der Waals surface area contributed by atoms with Gasteiger partial charge in [-0.25, -0.2) is 9.18 Å². The largest absolute Gasteiger partial charge is 0.477 e. The van der Waals surface area contributed by atoms with Crippen molar-refractivity contribution in [2.24, 2.45) is 0 Å². The Morgan fingerprint density at radius 3 is 2.76 bits per heavy atom. The second-order valence-corrected chi connectivity index (χ2v) is 3.67. The molecule has 1 aromatic carbocycles. The Morgan fingerprint density at radius 2 is 2.18 bits per heavy atom. The third-order valence-corrected chi connectivity index (χ3v) is 2.47. The van der Waals surface area contributed by atoms with Gasteiger partial charge in [0.2, 0.25) is 0 Å². The average Bonchev–Trinajstić information content (AvgIpc) is 2.77. The molecule has 5 heteroatoms. The van der Waals surface area contributed by atoms with Crippen LogP contribution in [0.25, 0.3) is 11.3 Å². The maximum absolute atomic E-state index is 13.3. The molecule has 0 aliphatic heterocycles. The van der Waals surface area contributed by atoms with Crippen LogP contribution >= 0.6 is 0 Å². The number of rotatable bonds is 3. The molecule has 88 valence electrons. The Bertz CT molecular complexity index is 563. The first kappa shape index (κ1) is 11.3. The highest BCUT2D eigenvalue weighted by Crippen LogP contribution is 2.21. The van der Waals surface area contributed by atoms with Crippen LogP contribution in [0.1, 0.15) is 23.0 Å². The lowest BCUT2D eigenvalue weighted by Crippen LogP contribution is -1.95. The van der Waals surface area contributed by atoms with E-state index in [-0.39, 0.29) is 11.5 Å². The summed E-state index contributed by atoms with van der Waals surface area (Å²) in [6, 6.07) is 5.97. The molecule has 0 atom stereocenters. The minimum Gasteiger partial charge on any atom is -0.477 e. The van der Waals surface area contributed by atoms with E-state index in [0.29, 0.717) is 17.7 Å². The van der Waals surface area contributed by atoms with Crippen molar-refractivity contribution >= 4 is 5.97 Å². The van der Waals surface area contributed by atoms with Crippen LogP contribution in [0.2, 0.25) is 0 Å². The molecule has 0 saturated heterocycles. The predicted octanol–water partition coefficient (Wildman–Crippen LogP) is 2.48. The van der Waals surface area contributed by atoms with Gasteiger partial charge in [-0.05, 0) is 36.2 Å². The van der Waals surface area contributed by atoms with Crippen LogP contribution in [0.5, 0.6) is 0 Å². The summed E-state index contributed by atoms with van der Waals surface area (Å²) in [4.78, 5) is 10.7. The van der Waals surface area contributed by atoms with Crippen LogP contribution in [-0.2, 0) is 6.42 Å². The highest BCUT2D eigenvalue weighted by Gasteiger charge is 2.10. The highest BCUT2D eigenvalue weighted by atomic mass is 19.1. The number of nitrogens with zero attached hydrogens (tertiary/aromatic N) is 1. The van der Waals surface area contributed by atoms with Crippen LogP contribution in [0.3, 0.4) is 0 Å². The molecule has 2 N–H and O–H groups in total. The zero-order valence-corrected chi connectivity index (χ0v) is 9.20. The van der Waals surface area contributed by atoms with E-state index in [1.54, 1.807) is 6.07 Å². The molecule has 1 aromatic heterocycles. The zero-order chi connectivity index (χ0) is 12.4. The molecule has 1 heterocycles.